The highest BCUT2D eigenvalue weighted by molar-refractivity contribution is 7.10. The first-order valence-corrected chi connectivity index (χ1v) is 6.25. The zero-order valence-corrected chi connectivity index (χ0v) is 9.33. The van der Waals surface area contributed by atoms with Crippen LogP contribution in [-0.2, 0) is 16.8 Å². The van der Waals surface area contributed by atoms with E-state index in [9.17, 15) is 4.39 Å². The van der Waals surface area contributed by atoms with E-state index < -0.39 is 0 Å². The first-order chi connectivity index (χ1) is 7.30. The van der Waals surface area contributed by atoms with Gasteiger partial charge in [-0.05, 0) is 25.5 Å². The summed E-state index contributed by atoms with van der Waals surface area (Å²) >= 11 is 1.28. The fraction of sp³-hybridized carbons (Fsp3) is 0.636. The van der Waals surface area contributed by atoms with Gasteiger partial charge in [0, 0.05) is 23.4 Å². The van der Waals surface area contributed by atoms with Gasteiger partial charge in [-0.1, -0.05) is 0 Å². The molecular formula is C11H14FNOS. The highest BCUT2D eigenvalue weighted by Crippen LogP contribution is 2.41. The van der Waals surface area contributed by atoms with Crippen LogP contribution in [0.3, 0.4) is 0 Å². The molecule has 1 fully saturated rings. The molecule has 0 bridgehead atoms. The Morgan fingerprint density at radius 2 is 2.47 bits per heavy atom. The summed E-state index contributed by atoms with van der Waals surface area (Å²) in [5.74, 6) is 0. The van der Waals surface area contributed by atoms with Crippen molar-refractivity contribution in [3.63, 3.8) is 0 Å². The standard InChI is InChI=1S/C11H14FNOS/c12-10-6-8-9(15-10)2-5-14-11(8)3-1-4-13-7-11/h6,13H,1-5,7H2. The van der Waals surface area contributed by atoms with E-state index in [-0.39, 0.29) is 10.7 Å². The average Bonchev–Trinajstić information content (AvgIpc) is 2.62. The van der Waals surface area contributed by atoms with Gasteiger partial charge in [-0.2, -0.15) is 4.39 Å². The molecular weight excluding hydrogens is 213 g/mol. The third-order valence-electron chi connectivity index (χ3n) is 3.32. The lowest BCUT2D eigenvalue weighted by Gasteiger charge is -2.40. The van der Waals surface area contributed by atoms with Gasteiger partial charge < -0.3 is 10.1 Å². The van der Waals surface area contributed by atoms with Crippen LogP contribution in [0.4, 0.5) is 4.39 Å². The molecule has 0 amide bonds. The molecule has 2 nitrogen and oxygen atoms in total. The Balaban J connectivity index is 2.03. The highest BCUT2D eigenvalue weighted by atomic mass is 32.1. The van der Waals surface area contributed by atoms with Gasteiger partial charge in [0.05, 0.1) is 6.61 Å². The van der Waals surface area contributed by atoms with Crippen LogP contribution in [0, 0.1) is 5.13 Å². The van der Waals surface area contributed by atoms with E-state index >= 15 is 0 Å². The van der Waals surface area contributed by atoms with Gasteiger partial charge in [0.2, 0.25) is 0 Å². The molecule has 1 unspecified atom stereocenters. The molecule has 2 aliphatic heterocycles. The van der Waals surface area contributed by atoms with Gasteiger partial charge in [-0.3, -0.25) is 0 Å². The minimum absolute atomic E-state index is 0.0737. The Kier molecular flexibility index (Phi) is 2.30. The van der Waals surface area contributed by atoms with Gasteiger partial charge in [0.15, 0.2) is 5.13 Å². The van der Waals surface area contributed by atoms with Crippen LogP contribution < -0.4 is 5.32 Å². The second kappa shape index (κ2) is 3.54. The fourth-order valence-corrected chi connectivity index (χ4v) is 3.57. The lowest BCUT2D eigenvalue weighted by molar-refractivity contribution is -0.0740. The number of halogens is 1. The molecule has 3 heterocycles. The van der Waals surface area contributed by atoms with Gasteiger partial charge in [-0.25, -0.2) is 0 Å². The molecule has 82 valence electrons. The average molecular weight is 227 g/mol. The van der Waals surface area contributed by atoms with Crippen LogP contribution in [0.2, 0.25) is 0 Å². The van der Waals surface area contributed by atoms with Gasteiger partial charge in [0.25, 0.3) is 0 Å². The van der Waals surface area contributed by atoms with Crippen LogP contribution in [0.25, 0.3) is 0 Å². The largest absolute Gasteiger partial charge is 0.369 e. The van der Waals surface area contributed by atoms with Crippen molar-refractivity contribution < 1.29 is 9.13 Å². The Hall–Kier alpha value is -0.450. The molecule has 3 rings (SSSR count). The van der Waals surface area contributed by atoms with Crippen molar-refractivity contribution >= 4 is 11.3 Å². The molecule has 1 aromatic heterocycles. The van der Waals surface area contributed by atoms with Crippen LogP contribution in [-0.4, -0.2) is 19.7 Å². The summed E-state index contributed by atoms with van der Waals surface area (Å²) in [6.45, 7) is 2.61. The van der Waals surface area contributed by atoms with Gasteiger partial charge >= 0.3 is 0 Å². The molecule has 0 aromatic carbocycles. The molecule has 1 spiro atoms. The van der Waals surface area contributed by atoms with E-state index in [1.165, 1.54) is 16.2 Å². The molecule has 0 aliphatic carbocycles. The molecule has 4 heteroatoms. The van der Waals surface area contributed by atoms with Gasteiger partial charge in [0.1, 0.15) is 5.60 Å². The second-order valence-corrected chi connectivity index (χ2v) is 5.35. The van der Waals surface area contributed by atoms with E-state index in [4.69, 9.17) is 4.74 Å². The Bertz CT molecular complexity index is 371. The SMILES string of the molecule is Fc1cc2c(s1)CCOC21CCCNC1. The number of hydrogen-bond acceptors (Lipinski definition) is 3. The Morgan fingerprint density at radius 1 is 1.53 bits per heavy atom. The molecule has 0 saturated carbocycles. The number of ether oxygens (including phenoxy) is 1. The Labute approximate surface area is 92.4 Å². The predicted octanol–water partition coefficient (Wildman–Crippen LogP) is 2.04. The number of thiophene rings is 1. The molecule has 1 aromatic rings. The zero-order chi connectivity index (χ0) is 10.3. The van der Waals surface area contributed by atoms with Crippen LogP contribution in [0.15, 0.2) is 6.07 Å². The topological polar surface area (TPSA) is 21.3 Å². The Morgan fingerprint density at radius 3 is 3.27 bits per heavy atom. The van der Waals surface area contributed by atoms with E-state index in [2.05, 4.69) is 5.32 Å². The van der Waals surface area contributed by atoms with Crippen molar-refractivity contribution in [2.75, 3.05) is 19.7 Å². The van der Waals surface area contributed by atoms with Gasteiger partial charge in [-0.15, -0.1) is 11.3 Å². The lowest BCUT2D eigenvalue weighted by Crippen LogP contribution is -2.47. The molecule has 0 radical (unpaired) electrons. The highest BCUT2D eigenvalue weighted by Gasteiger charge is 2.40. The van der Waals surface area contributed by atoms with E-state index in [1.54, 1.807) is 6.07 Å². The molecule has 1 N–H and O–H groups in total. The number of fused-ring (bicyclic) bond motifs is 2. The lowest BCUT2D eigenvalue weighted by atomic mass is 9.84. The first-order valence-electron chi connectivity index (χ1n) is 5.44. The number of nitrogens with one attached hydrogen (secondary N) is 1. The maximum Gasteiger partial charge on any atom is 0.177 e. The summed E-state index contributed by atoms with van der Waals surface area (Å²) in [5.41, 5.74) is 0.871. The minimum Gasteiger partial charge on any atom is -0.369 e. The maximum atomic E-state index is 13.3. The van der Waals surface area contributed by atoms with Crippen molar-refractivity contribution in [3.05, 3.63) is 21.6 Å². The number of rotatable bonds is 0. The summed E-state index contributed by atoms with van der Waals surface area (Å²) in [5, 5.41) is 3.28. The van der Waals surface area contributed by atoms with Crippen LogP contribution in [0.1, 0.15) is 23.3 Å². The van der Waals surface area contributed by atoms with Crippen molar-refractivity contribution in [1.82, 2.24) is 5.32 Å². The van der Waals surface area contributed by atoms with Crippen molar-refractivity contribution in [2.24, 2.45) is 0 Å². The summed E-state index contributed by atoms with van der Waals surface area (Å²) in [4.78, 5) is 1.18. The molecule has 1 saturated heterocycles. The fourth-order valence-electron chi connectivity index (χ4n) is 2.62. The second-order valence-electron chi connectivity index (χ2n) is 4.26. The third kappa shape index (κ3) is 1.51. The predicted molar refractivity (Wildman–Crippen MR) is 57.7 cm³/mol. The maximum absolute atomic E-state index is 13.3. The monoisotopic (exact) mass is 227 g/mol. The zero-order valence-electron chi connectivity index (χ0n) is 8.51. The first kappa shape index (κ1) is 9.75. The summed E-state index contributed by atoms with van der Waals surface area (Å²) < 4.78 is 19.2. The van der Waals surface area contributed by atoms with Crippen LogP contribution in [0.5, 0.6) is 0 Å². The summed E-state index contributed by atoms with van der Waals surface area (Å²) in [7, 11) is 0. The smallest absolute Gasteiger partial charge is 0.177 e. The number of piperidine rings is 1. The van der Waals surface area contributed by atoms with E-state index in [0.717, 1.165) is 44.5 Å². The van der Waals surface area contributed by atoms with Crippen molar-refractivity contribution in [3.8, 4) is 0 Å². The van der Waals surface area contributed by atoms with E-state index in [1.807, 2.05) is 0 Å². The third-order valence-corrected chi connectivity index (χ3v) is 4.31. The van der Waals surface area contributed by atoms with Crippen LogP contribution >= 0.6 is 11.3 Å². The van der Waals surface area contributed by atoms with Crippen molar-refractivity contribution in [1.29, 1.82) is 0 Å². The number of hydrogen-bond donors (Lipinski definition) is 1. The summed E-state index contributed by atoms with van der Waals surface area (Å²) in [6.07, 6.45) is 2.99. The van der Waals surface area contributed by atoms with Crippen molar-refractivity contribution in [2.45, 2.75) is 24.9 Å². The quantitative estimate of drug-likeness (QED) is 0.732. The van der Waals surface area contributed by atoms with E-state index in [0.29, 0.717) is 0 Å². The molecule has 1 atom stereocenters. The summed E-state index contributed by atoms with van der Waals surface area (Å²) in [6, 6.07) is 1.67. The molecule has 15 heavy (non-hydrogen) atoms. The normalized spacial score (nSPS) is 30.5. The molecule has 2 aliphatic rings. The minimum atomic E-state index is -0.229.